The lowest BCUT2D eigenvalue weighted by molar-refractivity contribution is -0.384. The van der Waals surface area contributed by atoms with Gasteiger partial charge >= 0.3 is 0 Å². The topological polar surface area (TPSA) is 72.2 Å². The smallest absolute Gasteiger partial charge is 0.269 e. The molecule has 2 aromatic carbocycles. The van der Waals surface area contributed by atoms with Crippen LogP contribution in [0.15, 0.2) is 47.4 Å². The van der Waals surface area contributed by atoms with Gasteiger partial charge in [0.25, 0.3) is 5.69 Å². The maximum atomic E-state index is 12.0. The molecule has 0 aromatic heterocycles. The Balaban J connectivity index is 1.84. The molecule has 0 unspecified atom stereocenters. The maximum absolute atomic E-state index is 12.0. The lowest BCUT2D eigenvalue weighted by atomic mass is 10.1. The number of hydrogen-bond donors (Lipinski definition) is 1. The molecule has 23 heavy (non-hydrogen) atoms. The number of hydrogen-bond acceptors (Lipinski definition) is 4. The van der Waals surface area contributed by atoms with E-state index in [4.69, 9.17) is 0 Å². The van der Waals surface area contributed by atoms with E-state index in [-0.39, 0.29) is 11.6 Å². The molecule has 2 aromatic rings. The number of carbonyl (C=O) groups excluding carboxylic acids is 1. The van der Waals surface area contributed by atoms with Gasteiger partial charge in [-0.05, 0) is 37.1 Å². The van der Waals surface area contributed by atoms with Gasteiger partial charge in [0.2, 0.25) is 5.91 Å². The molecular weight excluding hydrogens is 312 g/mol. The predicted molar refractivity (Wildman–Crippen MR) is 93.0 cm³/mol. The van der Waals surface area contributed by atoms with Crippen molar-refractivity contribution in [2.24, 2.45) is 0 Å². The monoisotopic (exact) mass is 330 g/mol. The molecule has 6 heteroatoms. The first-order chi connectivity index (χ1) is 11.0. The first-order valence-electron chi connectivity index (χ1n) is 7.20. The summed E-state index contributed by atoms with van der Waals surface area (Å²) in [6.45, 7) is 3.93. The highest BCUT2D eigenvalue weighted by molar-refractivity contribution is 7.99. The Hall–Kier alpha value is -2.34. The van der Waals surface area contributed by atoms with Gasteiger partial charge in [-0.15, -0.1) is 11.8 Å². The van der Waals surface area contributed by atoms with Crippen molar-refractivity contribution in [2.45, 2.75) is 25.2 Å². The van der Waals surface area contributed by atoms with E-state index in [9.17, 15) is 14.9 Å². The number of non-ortho nitro benzene ring substituents is 1. The molecule has 0 bridgehead atoms. The highest BCUT2D eigenvalue weighted by Crippen LogP contribution is 2.23. The lowest BCUT2D eigenvalue weighted by Gasteiger charge is -2.11. The first kappa shape index (κ1) is 17.0. The minimum atomic E-state index is -0.424. The first-order valence-corrected chi connectivity index (χ1v) is 8.19. The minimum Gasteiger partial charge on any atom is -0.326 e. The van der Waals surface area contributed by atoms with Crippen LogP contribution in [0.1, 0.15) is 17.5 Å². The summed E-state index contributed by atoms with van der Waals surface area (Å²) in [6, 6.07) is 12.2. The molecule has 0 saturated heterocycles. The SMILES string of the molecule is Cc1cccc(C)c1NC(=O)CCSc1ccc([N+](=O)[O-])cc1. The second kappa shape index (κ2) is 7.78. The van der Waals surface area contributed by atoms with Gasteiger partial charge in [0.1, 0.15) is 0 Å². The lowest BCUT2D eigenvalue weighted by Crippen LogP contribution is -2.14. The van der Waals surface area contributed by atoms with Crippen molar-refractivity contribution in [3.63, 3.8) is 0 Å². The van der Waals surface area contributed by atoms with Gasteiger partial charge in [0, 0.05) is 34.9 Å². The van der Waals surface area contributed by atoms with E-state index >= 15 is 0 Å². The molecule has 0 heterocycles. The van der Waals surface area contributed by atoms with Crippen LogP contribution in [0.4, 0.5) is 11.4 Å². The van der Waals surface area contributed by atoms with Crippen molar-refractivity contribution in [1.82, 2.24) is 0 Å². The van der Waals surface area contributed by atoms with Crippen LogP contribution in [0, 0.1) is 24.0 Å². The van der Waals surface area contributed by atoms with Crippen LogP contribution in [0.2, 0.25) is 0 Å². The van der Waals surface area contributed by atoms with Crippen LogP contribution in [-0.4, -0.2) is 16.6 Å². The van der Waals surface area contributed by atoms with E-state index in [1.165, 1.54) is 23.9 Å². The highest BCUT2D eigenvalue weighted by Gasteiger charge is 2.08. The number of thioether (sulfide) groups is 1. The maximum Gasteiger partial charge on any atom is 0.269 e. The molecule has 0 spiro atoms. The number of nitrogens with zero attached hydrogens (tertiary/aromatic N) is 1. The molecule has 0 aliphatic heterocycles. The summed E-state index contributed by atoms with van der Waals surface area (Å²) >= 11 is 1.50. The molecule has 0 saturated carbocycles. The third kappa shape index (κ3) is 4.82. The van der Waals surface area contributed by atoms with Gasteiger partial charge in [0.05, 0.1) is 4.92 Å². The molecule has 0 atom stereocenters. The van der Waals surface area contributed by atoms with Gasteiger partial charge in [-0.25, -0.2) is 0 Å². The summed E-state index contributed by atoms with van der Waals surface area (Å²) in [4.78, 5) is 23.1. The van der Waals surface area contributed by atoms with Crippen molar-refractivity contribution < 1.29 is 9.72 Å². The molecule has 0 radical (unpaired) electrons. The molecular formula is C17H18N2O3S. The normalized spacial score (nSPS) is 10.3. The summed E-state index contributed by atoms with van der Waals surface area (Å²) in [5.74, 6) is 0.589. The average molecular weight is 330 g/mol. The van der Waals surface area contributed by atoms with Gasteiger partial charge in [-0.1, -0.05) is 18.2 Å². The number of nitro groups is 1. The van der Waals surface area contributed by atoms with E-state index in [0.717, 1.165) is 21.7 Å². The molecule has 1 N–H and O–H groups in total. The van der Waals surface area contributed by atoms with Gasteiger partial charge < -0.3 is 5.32 Å². The number of nitrogens with one attached hydrogen (secondary N) is 1. The van der Waals surface area contributed by atoms with E-state index in [1.54, 1.807) is 12.1 Å². The fourth-order valence-corrected chi connectivity index (χ4v) is 2.99. The molecule has 0 aliphatic rings. The second-order valence-corrected chi connectivity index (χ2v) is 6.33. The van der Waals surface area contributed by atoms with Crippen molar-refractivity contribution in [2.75, 3.05) is 11.1 Å². The Labute approximate surface area is 139 Å². The number of anilines is 1. The predicted octanol–water partition coefficient (Wildman–Crippen LogP) is 4.33. The average Bonchev–Trinajstić information content (AvgIpc) is 2.51. The fourth-order valence-electron chi connectivity index (χ4n) is 2.14. The quantitative estimate of drug-likeness (QED) is 0.486. The van der Waals surface area contributed by atoms with Crippen molar-refractivity contribution in [3.8, 4) is 0 Å². The zero-order chi connectivity index (χ0) is 16.8. The molecule has 5 nitrogen and oxygen atoms in total. The molecule has 120 valence electrons. The second-order valence-electron chi connectivity index (χ2n) is 5.16. The third-order valence-corrected chi connectivity index (χ3v) is 4.40. The van der Waals surface area contributed by atoms with Gasteiger partial charge in [-0.2, -0.15) is 0 Å². The summed E-state index contributed by atoms with van der Waals surface area (Å²) < 4.78 is 0. The summed E-state index contributed by atoms with van der Waals surface area (Å²) in [5.41, 5.74) is 3.03. The van der Waals surface area contributed by atoms with Gasteiger partial charge in [0.15, 0.2) is 0 Å². The number of rotatable bonds is 6. The number of aryl methyl sites for hydroxylation is 2. The van der Waals surface area contributed by atoms with Crippen molar-refractivity contribution >= 4 is 29.0 Å². The Morgan fingerprint density at radius 2 is 1.74 bits per heavy atom. The Kier molecular flexibility index (Phi) is 5.76. The zero-order valence-corrected chi connectivity index (χ0v) is 13.9. The van der Waals surface area contributed by atoms with E-state index in [2.05, 4.69) is 5.32 Å². The summed E-state index contributed by atoms with van der Waals surface area (Å²) in [7, 11) is 0. The van der Waals surface area contributed by atoms with Gasteiger partial charge in [-0.3, -0.25) is 14.9 Å². The van der Waals surface area contributed by atoms with Crippen LogP contribution >= 0.6 is 11.8 Å². The fraction of sp³-hybridized carbons (Fsp3) is 0.235. The number of para-hydroxylation sites is 1. The van der Waals surface area contributed by atoms with Crippen molar-refractivity contribution in [1.29, 1.82) is 0 Å². The highest BCUT2D eigenvalue weighted by atomic mass is 32.2. The van der Waals surface area contributed by atoms with E-state index < -0.39 is 4.92 Å². The van der Waals surface area contributed by atoms with E-state index in [1.807, 2.05) is 32.0 Å². The molecule has 0 fully saturated rings. The van der Waals surface area contributed by atoms with Crippen LogP contribution in [-0.2, 0) is 4.79 Å². The largest absolute Gasteiger partial charge is 0.326 e. The van der Waals surface area contributed by atoms with Crippen molar-refractivity contribution in [3.05, 3.63) is 63.7 Å². The zero-order valence-electron chi connectivity index (χ0n) is 13.0. The Morgan fingerprint density at radius 3 is 2.30 bits per heavy atom. The number of nitro benzene ring substituents is 1. The Bertz CT molecular complexity index is 694. The Morgan fingerprint density at radius 1 is 1.13 bits per heavy atom. The molecule has 2 rings (SSSR count). The standard InChI is InChI=1S/C17H18N2O3S/c1-12-4-3-5-13(2)17(12)18-16(20)10-11-23-15-8-6-14(7-9-15)19(21)22/h3-9H,10-11H2,1-2H3,(H,18,20). The minimum absolute atomic E-state index is 0.0307. The van der Waals surface area contributed by atoms with Crippen LogP contribution in [0.25, 0.3) is 0 Å². The number of amides is 1. The van der Waals surface area contributed by atoms with Crippen LogP contribution < -0.4 is 5.32 Å². The van der Waals surface area contributed by atoms with Crippen LogP contribution in [0.5, 0.6) is 0 Å². The summed E-state index contributed by atoms with van der Waals surface area (Å²) in [5, 5.41) is 13.5. The molecule has 1 amide bonds. The third-order valence-electron chi connectivity index (χ3n) is 3.39. The van der Waals surface area contributed by atoms with Crippen LogP contribution in [0.3, 0.4) is 0 Å². The molecule has 0 aliphatic carbocycles. The van der Waals surface area contributed by atoms with E-state index in [0.29, 0.717) is 12.2 Å². The number of benzene rings is 2. The number of carbonyl (C=O) groups is 1. The summed E-state index contributed by atoms with van der Waals surface area (Å²) in [6.07, 6.45) is 0.384.